The molecule has 0 unspecified atom stereocenters. The van der Waals surface area contributed by atoms with Crippen LogP contribution in [0.2, 0.25) is 0 Å². The lowest BCUT2D eigenvalue weighted by molar-refractivity contribution is 1.18. The maximum Gasteiger partial charge on any atom is 0.0899 e. The summed E-state index contributed by atoms with van der Waals surface area (Å²) >= 11 is 3.42. The highest BCUT2D eigenvalue weighted by Gasteiger charge is 1.95. The molecule has 2 aromatic rings. The summed E-state index contributed by atoms with van der Waals surface area (Å²) in [7, 11) is 0. The highest BCUT2D eigenvalue weighted by molar-refractivity contribution is 7.11. The molecule has 2 rings (SSSR count). The van der Waals surface area contributed by atoms with Crippen LogP contribution in [-0.4, -0.2) is 9.97 Å². The Morgan fingerprint density at radius 1 is 1.07 bits per heavy atom. The van der Waals surface area contributed by atoms with Gasteiger partial charge in [0.05, 0.1) is 15.7 Å². The van der Waals surface area contributed by atoms with Crippen LogP contribution in [0.5, 0.6) is 0 Å². The van der Waals surface area contributed by atoms with E-state index in [9.17, 15) is 0 Å². The summed E-state index contributed by atoms with van der Waals surface area (Å²) in [6, 6.07) is 0. The first-order chi connectivity index (χ1) is 6.59. The van der Waals surface area contributed by atoms with Crippen molar-refractivity contribution in [1.29, 1.82) is 0 Å². The summed E-state index contributed by atoms with van der Waals surface area (Å²) in [5.74, 6) is 0. The van der Waals surface area contributed by atoms with Crippen molar-refractivity contribution in [1.82, 2.24) is 9.97 Å². The van der Waals surface area contributed by atoms with Crippen LogP contribution < -0.4 is 0 Å². The summed E-state index contributed by atoms with van der Waals surface area (Å²) in [6.07, 6.45) is 1.81. The van der Waals surface area contributed by atoms with Gasteiger partial charge in [-0.3, -0.25) is 4.98 Å². The third-order valence-electron chi connectivity index (χ3n) is 1.69. The van der Waals surface area contributed by atoms with Crippen molar-refractivity contribution in [2.24, 2.45) is 0 Å². The molecule has 0 aromatic carbocycles. The van der Waals surface area contributed by atoms with E-state index in [-0.39, 0.29) is 0 Å². The third-order valence-corrected chi connectivity index (χ3v) is 3.38. The van der Waals surface area contributed by atoms with E-state index in [1.54, 1.807) is 28.9 Å². The van der Waals surface area contributed by atoms with Crippen molar-refractivity contribution in [3.05, 3.63) is 32.2 Å². The highest BCUT2D eigenvalue weighted by atomic mass is 32.1. The van der Waals surface area contributed by atoms with E-state index < -0.39 is 0 Å². The summed E-state index contributed by atoms with van der Waals surface area (Å²) in [5, 5.41) is 4.27. The number of hydrogen-bond donors (Lipinski definition) is 0. The van der Waals surface area contributed by atoms with Gasteiger partial charge in [-0.2, -0.15) is 0 Å². The summed E-state index contributed by atoms with van der Waals surface area (Å²) < 4.78 is 0. The first-order valence-electron chi connectivity index (χ1n) is 4.36. The monoisotopic (exact) mass is 226 g/mol. The third kappa shape index (κ3) is 3.55. The zero-order valence-corrected chi connectivity index (χ0v) is 10.5. The second-order valence-corrected chi connectivity index (χ2v) is 5.43. The van der Waals surface area contributed by atoms with E-state index in [4.69, 9.17) is 0 Å². The molecule has 0 aliphatic carbocycles. The van der Waals surface area contributed by atoms with Crippen molar-refractivity contribution < 1.29 is 0 Å². The Bertz CT molecular complexity index is 357. The molecule has 0 amide bonds. The van der Waals surface area contributed by atoms with Gasteiger partial charge in [-0.1, -0.05) is 0 Å². The molecule has 0 aliphatic rings. The standard InChI is InChI=1S/C6H9NS.C4H5NS/c1-4-5(2)8-6(3)7-4;1-4-5-2-3-6-4/h1-3H3;2-3H,1H3. The van der Waals surface area contributed by atoms with E-state index in [1.807, 2.05) is 26.2 Å². The van der Waals surface area contributed by atoms with Gasteiger partial charge in [-0.05, 0) is 27.7 Å². The number of nitrogens with zero attached hydrogens (tertiary/aromatic N) is 2. The molecule has 0 atom stereocenters. The van der Waals surface area contributed by atoms with Crippen LogP contribution in [0, 0.1) is 27.7 Å². The number of hydrogen-bond acceptors (Lipinski definition) is 4. The van der Waals surface area contributed by atoms with Gasteiger partial charge in [0.15, 0.2) is 0 Å². The van der Waals surface area contributed by atoms with E-state index in [0.717, 1.165) is 5.01 Å². The predicted molar refractivity (Wildman–Crippen MR) is 63.2 cm³/mol. The molecule has 2 nitrogen and oxygen atoms in total. The van der Waals surface area contributed by atoms with Crippen LogP contribution in [0.15, 0.2) is 11.6 Å². The van der Waals surface area contributed by atoms with Crippen molar-refractivity contribution >= 4 is 22.7 Å². The van der Waals surface area contributed by atoms with Crippen LogP contribution in [-0.2, 0) is 0 Å². The van der Waals surface area contributed by atoms with Gasteiger partial charge in [0.1, 0.15) is 0 Å². The van der Waals surface area contributed by atoms with Gasteiger partial charge in [-0.25, -0.2) is 4.98 Å². The maximum absolute atomic E-state index is 4.23. The topological polar surface area (TPSA) is 25.8 Å². The van der Waals surface area contributed by atoms with Gasteiger partial charge in [0.25, 0.3) is 0 Å². The summed E-state index contributed by atoms with van der Waals surface area (Å²) in [6.45, 7) is 8.16. The van der Waals surface area contributed by atoms with Crippen molar-refractivity contribution in [2.75, 3.05) is 0 Å². The first-order valence-corrected chi connectivity index (χ1v) is 6.06. The van der Waals surface area contributed by atoms with Crippen molar-refractivity contribution in [3.63, 3.8) is 0 Å². The lowest BCUT2D eigenvalue weighted by Gasteiger charge is -1.77. The van der Waals surface area contributed by atoms with Gasteiger partial charge in [0.2, 0.25) is 0 Å². The minimum Gasteiger partial charge on any atom is -0.250 e. The number of thiazole rings is 2. The van der Waals surface area contributed by atoms with Gasteiger partial charge in [0, 0.05) is 16.5 Å². The molecule has 0 N–H and O–H groups in total. The van der Waals surface area contributed by atoms with E-state index >= 15 is 0 Å². The molecule has 0 radical (unpaired) electrons. The quantitative estimate of drug-likeness (QED) is 0.687. The molecule has 0 saturated carbocycles. The average Bonchev–Trinajstić information content (AvgIpc) is 2.65. The minimum absolute atomic E-state index is 1.13. The number of aryl methyl sites for hydroxylation is 4. The second kappa shape index (κ2) is 5.22. The Hall–Kier alpha value is -0.740. The van der Waals surface area contributed by atoms with Crippen molar-refractivity contribution in [2.45, 2.75) is 27.7 Å². The van der Waals surface area contributed by atoms with Crippen LogP contribution in [0.3, 0.4) is 0 Å². The maximum atomic E-state index is 4.23. The smallest absolute Gasteiger partial charge is 0.0899 e. The average molecular weight is 226 g/mol. The van der Waals surface area contributed by atoms with Gasteiger partial charge >= 0.3 is 0 Å². The molecule has 0 spiro atoms. The minimum atomic E-state index is 1.13. The fraction of sp³-hybridized carbons (Fsp3) is 0.400. The molecular weight excluding hydrogens is 212 g/mol. The van der Waals surface area contributed by atoms with Gasteiger partial charge < -0.3 is 0 Å². The summed E-state index contributed by atoms with van der Waals surface area (Å²) in [4.78, 5) is 9.50. The molecule has 0 fully saturated rings. The molecule has 0 aliphatic heterocycles. The lowest BCUT2D eigenvalue weighted by Crippen LogP contribution is -1.71. The number of rotatable bonds is 0. The predicted octanol–water partition coefficient (Wildman–Crippen LogP) is 3.52. The van der Waals surface area contributed by atoms with Crippen molar-refractivity contribution in [3.8, 4) is 0 Å². The molecule has 2 heterocycles. The largest absolute Gasteiger partial charge is 0.250 e. The zero-order chi connectivity index (χ0) is 10.6. The van der Waals surface area contributed by atoms with Crippen LogP contribution >= 0.6 is 22.7 Å². The Morgan fingerprint density at radius 3 is 1.93 bits per heavy atom. The molecule has 76 valence electrons. The molecule has 0 saturated heterocycles. The van der Waals surface area contributed by atoms with Crippen LogP contribution in [0.4, 0.5) is 0 Å². The SMILES string of the molecule is Cc1nc(C)c(C)s1.Cc1nccs1. The summed E-state index contributed by atoms with van der Waals surface area (Å²) in [5.41, 5.74) is 1.17. The lowest BCUT2D eigenvalue weighted by atomic mass is 10.4. The Morgan fingerprint density at radius 2 is 1.79 bits per heavy atom. The van der Waals surface area contributed by atoms with E-state index in [1.165, 1.54) is 15.6 Å². The van der Waals surface area contributed by atoms with Crippen LogP contribution in [0.1, 0.15) is 20.6 Å². The normalized spacial score (nSPS) is 9.43. The molecule has 0 bridgehead atoms. The zero-order valence-electron chi connectivity index (χ0n) is 8.87. The Balaban J connectivity index is 0.000000146. The molecular formula is C10H14N2S2. The van der Waals surface area contributed by atoms with Gasteiger partial charge in [-0.15, -0.1) is 22.7 Å². The molecule has 4 heteroatoms. The van der Waals surface area contributed by atoms with E-state index in [2.05, 4.69) is 16.9 Å². The molecule has 14 heavy (non-hydrogen) atoms. The Labute approximate surface area is 92.7 Å². The fourth-order valence-electron chi connectivity index (χ4n) is 0.928. The molecule has 2 aromatic heterocycles. The Kier molecular flexibility index (Phi) is 4.22. The van der Waals surface area contributed by atoms with Crippen LogP contribution in [0.25, 0.3) is 0 Å². The highest BCUT2D eigenvalue weighted by Crippen LogP contribution is 2.14. The number of aromatic nitrogens is 2. The fourth-order valence-corrected chi connectivity index (χ4v) is 2.19. The first kappa shape index (κ1) is 11.3. The second-order valence-electron chi connectivity index (χ2n) is 2.93. The van der Waals surface area contributed by atoms with E-state index in [0.29, 0.717) is 0 Å².